The van der Waals surface area contributed by atoms with Gasteiger partial charge in [0.25, 0.3) is 5.91 Å². The minimum Gasteiger partial charge on any atom is -0.508 e. The van der Waals surface area contributed by atoms with Crippen LogP contribution in [0.2, 0.25) is 0 Å². The second-order valence-corrected chi connectivity index (χ2v) is 9.81. The molecule has 2 aliphatic rings. The van der Waals surface area contributed by atoms with Crippen LogP contribution in [0, 0.1) is 23.7 Å². The number of carboxylic acids is 1. The Morgan fingerprint density at radius 1 is 0.857 bits per heavy atom. The van der Waals surface area contributed by atoms with Crippen LogP contribution < -0.4 is 10.2 Å². The molecule has 2 amide bonds. The van der Waals surface area contributed by atoms with Crippen molar-refractivity contribution in [3.05, 3.63) is 54.1 Å². The molecule has 0 radical (unpaired) electrons. The van der Waals surface area contributed by atoms with Crippen LogP contribution >= 0.6 is 0 Å². The standard InChI is InChI=1S/C27H33N3O5/c1-17-15-22(23(27(34)35)16-18(17)2)25(32)28-24-6-4-3-5-21(24)26(33)30-13-11-29(12-14-30)19-7-9-20(31)10-8-19/h3-10,17-18,22-23,31H,11-16H2,1-2H3,(H,28,32)(H,34,35). The van der Waals surface area contributed by atoms with E-state index in [1.165, 1.54) is 0 Å². The van der Waals surface area contributed by atoms with Crippen molar-refractivity contribution in [2.75, 3.05) is 36.4 Å². The highest BCUT2D eigenvalue weighted by Crippen LogP contribution is 2.38. The quantitative estimate of drug-likeness (QED) is 0.604. The van der Waals surface area contributed by atoms with Crippen LogP contribution in [-0.4, -0.2) is 59.1 Å². The van der Waals surface area contributed by atoms with Crippen LogP contribution in [0.5, 0.6) is 5.75 Å². The molecule has 2 aromatic rings. The molecule has 0 spiro atoms. The molecule has 4 unspecified atom stereocenters. The van der Waals surface area contributed by atoms with Gasteiger partial charge in [-0.05, 0) is 61.1 Å². The Hall–Kier alpha value is -3.55. The molecule has 35 heavy (non-hydrogen) atoms. The van der Waals surface area contributed by atoms with E-state index in [0.29, 0.717) is 50.3 Å². The Balaban J connectivity index is 1.44. The van der Waals surface area contributed by atoms with Gasteiger partial charge >= 0.3 is 5.97 Å². The van der Waals surface area contributed by atoms with Crippen molar-refractivity contribution in [3.63, 3.8) is 0 Å². The van der Waals surface area contributed by atoms with E-state index in [9.17, 15) is 24.6 Å². The molecule has 1 aliphatic heterocycles. The van der Waals surface area contributed by atoms with Crippen LogP contribution in [0.1, 0.15) is 37.0 Å². The van der Waals surface area contributed by atoms with Crippen molar-refractivity contribution >= 4 is 29.2 Å². The van der Waals surface area contributed by atoms with Crippen LogP contribution in [0.25, 0.3) is 0 Å². The average Bonchev–Trinajstić information content (AvgIpc) is 2.85. The van der Waals surface area contributed by atoms with Gasteiger partial charge in [0.1, 0.15) is 5.75 Å². The molecule has 0 bridgehead atoms. The second kappa shape index (κ2) is 10.4. The summed E-state index contributed by atoms with van der Waals surface area (Å²) in [5, 5.41) is 22.1. The number of carbonyl (C=O) groups excluding carboxylic acids is 2. The molecule has 4 atom stereocenters. The maximum atomic E-state index is 13.4. The fourth-order valence-corrected chi connectivity index (χ4v) is 5.16. The summed E-state index contributed by atoms with van der Waals surface area (Å²) in [5.74, 6) is -2.09. The van der Waals surface area contributed by atoms with Gasteiger partial charge in [-0.1, -0.05) is 26.0 Å². The normalized spacial score (nSPS) is 24.6. The summed E-state index contributed by atoms with van der Waals surface area (Å²) in [4.78, 5) is 42.3. The molecule has 186 valence electrons. The molecule has 2 aromatic carbocycles. The molecule has 4 rings (SSSR count). The van der Waals surface area contributed by atoms with E-state index in [1.54, 1.807) is 41.3 Å². The highest BCUT2D eigenvalue weighted by molar-refractivity contribution is 6.04. The number of para-hydroxylation sites is 1. The predicted molar refractivity (Wildman–Crippen MR) is 133 cm³/mol. The zero-order chi connectivity index (χ0) is 25.1. The Kier molecular flexibility index (Phi) is 7.28. The summed E-state index contributed by atoms with van der Waals surface area (Å²) in [5.41, 5.74) is 1.81. The number of carbonyl (C=O) groups is 3. The Morgan fingerprint density at radius 2 is 1.46 bits per heavy atom. The summed E-state index contributed by atoms with van der Waals surface area (Å²) in [6.07, 6.45) is 0.986. The maximum Gasteiger partial charge on any atom is 0.307 e. The molecule has 1 saturated heterocycles. The van der Waals surface area contributed by atoms with E-state index in [2.05, 4.69) is 17.1 Å². The number of phenols is 1. The van der Waals surface area contributed by atoms with Gasteiger partial charge in [0.15, 0.2) is 0 Å². The number of aliphatic carboxylic acids is 1. The average molecular weight is 480 g/mol. The van der Waals surface area contributed by atoms with Crippen molar-refractivity contribution in [3.8, 4) is 5.75 Å². The van der Waals surface area contributed by atoms with E-state index in [0.717, 1.165) is 5.69 Å². The predicted octanol–water partition coefficient (Wildman–Crippen LogP) is 3.68. The largest absolute Gasteiger partial charge is 0.508 e. The number of benzene rings is 2. The Bertz CT molecular complexity index is 1080. The van der Waals surface area contributed by atoms with Gasteiger partial charge in [-0.2, -0.15) is 0 Å². The van der Waals surface area contributed by atoms with Crippen molar-refractivity contribution in [2.24, 2.45) is 23.7 Å². The van der Waals surface area contributed by atoms with Crippen LogP contribution in [0.15, 0.2) is 48.5 Å². The van der Waals surface area contributed by atoms with Crippen molar-refractivity contribution in [1.29, 1.82) is 0 Å². The van der Waals surface area contributed by atoms with Gasteiger partial charge in [-0.3, -0.25) is 14.4 Å². The number of hydrogen-bond acceptors (Lipinski definition) is 5. The van der Waals surface area contributed by atoms with E-state index in [1.807, 2.05) is 19.1 Å². The van der Waals surface area contributed by atoms with Gasteiger partial charge < -0.3 is 25.3 Å². The monoisotopic (exact) mass is 479 g/mol. The van der Waals surface area contributed by atoms with E-state index >= 15 is 0 Å². The summed E-state index contributed by atoms with van der Waals surface area (Å²) in [6.45, 7) is 6.46. The molecular formula is C27H33N3O5. The van der Waals surface area contributed by atoms with Crippen molar-refractivity contribution < 1.29 is 24.6 Å². The third-order valence-electron chi connectivity index (χ3n) is 7.56. The van der Waals surface area contributed by atoms with Gasteiger partial charge in [0, 0.05) is 31.9 Å². The molecule has 1 heterocycles. The summed E-state index contributed by atoms with van der Waals surface area (Å²) in [6, 6.07) is 13.9. The fraction of sp³-hybridized carbons (Fsp3) is 0.444. The highest BCUT2D eigenvalue weighted by atomic mass is 16.4. The Labute approximate surface area is 205 Å². The lowest BCUT2D eigenvalue weighted by Gasteiger charge is -2.37. The summed E-state index contributed by atoms with van der Waals surface area (Å²) < 4.78 is 0. The molecular weight excluding hydrogens is 446 g/mol. The lowest BCUT2D eigenvalue weighted by atomic mass is 9.69. The number of nitrogens with zero attached hydrogens (tertiary/aromatic N) is 2. The minimum absolute atomic E-state index is 0.160. The molecule has 8 nitrogen and oxygen atoms in total. The smallest absolute Gasteiger partial charge is 0.307 e. The number of rotatable bonds is 5. The Morgan fingerprint density at radius 3 is 2.09 bits per heavy atom. The van der Waals surface area contributed by atoms with Crippen LogP contribution in [0.3, 0.4) is 0 Å². The van der Waals surface area contributed by atoms with Crippen LogP contribution in [-0.2, 0) is 9.59 Å². The van der Waals surface area contributed by atoms with Crippen LogP contribution in [0.4, 0.5) is 11.4 Å². The first-order valence-electron chi connectivity index (χ1n) is 12.2. The van der Waals surface area contributed by atoms with Gasteiger partial charge in [-0.15, -0.1) is 0 Å². The number of phenolic OH excluding ortho intramolecular Hbond substituents is 1. The SMILES string of the molecule is CC1CC(C(=O)O)C(C(=O)Nc2ccccc2C(=O)N2CCN(c3ccc(O)cc3)CC2)CC1C. The first-order chi connectivity index (χ1) is 16.7. The molecule has 1 aliphatic carbocycles. The molecule has 2 fully saturated rings. The highest BCUT2D eigenvalue weighted by Gasteiger charge is 2.41. The summed E-state index contributed by atoms with van der Waals surface area (Å²) >= 11 is 0. The molecule has 1 saturated carbocycles. The first-order valence-corrected chi connectivity index (χ1v) is 12.2. The number of piperazine rings is 1. The number of hydrogen-bond donors (Lipinski definition) is 3. The second-order valence-electron chi connectivity index (χ2n) is 9.81. The number of amides is 2. The van der Waals surface area contributed by atoms with E-state index < -0.39 is 17.8 Å². The van der Waals surface area contributed by atoms with Crippen molar-refractivity contribution in [2.45, 2.75) is 26.7 Å². The topological polar surface area (TPSA) is 110 Å². The number of aromatic hydroxyl groups is 1. The molecule has 3 N–H and O–H groups in total. The number of anilines is 2. The number of carboxylic acid groups (broad SMARTS) is 1. The minimum atomic E-state index is -0.945. The lowest BCUT2D eigenvalue weighted by molar-refractivity contribution is -0.149. The van der Waals surface area contributed by atoms with Gasteiger partial charge in [-0.25, -0.2) is 0 Å². The van der Waals surface area contributed by atoms with Gasteiger partial charge in [0.05, 0.1) is 23.1 Å². The lowest BCUT2D eigenvalue weighted by Crippen LogP contribution is -2.49. The zero-order valence-electron chi connectivity index (χ0n) is 20.2. The maximum absolute atomic E-state index is 13.4. The zero-order valence-corrected chi connectivity index (χ0v) is 20.2. The fourth-order valence-electron chi connectivity index (χ4n) is 5.16. The van der Waals surface area contributed by atoms with Gasteiger partial charge in [0.2, 0.25) is 5.91 Å². The van der Waals surface area contributed by atoms with E-state index in [4.69, 9.17) is 0 Å². The van der Waals surface area contributed by atoms with Crippen molar-refractivity contribution in [1.82, 2.24) is 4.90 Å². The third-order valence-corrected chi connectivity index (χ3v) is 7.56. The summed E-state index contributed by atoms with van der Waals surface area (Å²) in [7, 11) is 0. The number of nitrogens with one attached hydrogen (secondary N) is 1. The molecule has 0 aromatic heterocycles. The van der Waals surface area contributed by atoms with E-state index in [-0.39, 0.29) is 29.4 Å². The first kappa shape index (κ1) is 24.6. The molecule has 8 heteroatoms. The third kappa shape index (κ3) is 5.42.